The third kappa shape index (κ3) is 5.77. The molecule has 37 heavy (non-hydrogen) atoms. The lowest BCUT2D eigenvalue weighted by Gasteiger charge is -2.13. The normalized spacial score (nSPS) is 11.7. The molecular formula is C31H24N2O3S. The monoisotopic (exact) mass is 504 g/mol. The maximum Gasteiger partial charge on any atom is 0.261 e. The van der Waals surface area contributed by atoms with Crippen molar-refractivity contribution in [1.82, 2.24) is 0 Å². The fraction of sp³-hybridized carbons (Fsp3) is 0. The number of allylic oxidation sites excluding steroid dienone is 1. The first-order valence-electron chi connectivity index (χ1n) is 11.7. The van der Waals surface area contributed by atoms with Crippen molar-refractivity contribution in [3.8, 4) is 0 Å². The molecule has 0 spiro atoms. The fourth-order valence-corrected chi connectivity index (χ4v) is 5.02. The lowest BCUT2D eigenvalue weighted by Crippen LogP contribution is -2.13. The maximum absolute atomic E-state index is 13.0. The van der Waals surface area contributed by atoms with Crippen LogP contribution in [0.25, 0.3) is 16.5 Å². The molecule has 6 heteroatoms. The number of sulfonamides is 1. The Morgan fingerprint density at radius 1 is 0.595 bits per heavy atom. The van der Waals surface area contributed by atoms with Gasteiger partial charge in [0.05, 0.1) is 4.90 Å². The van der Waals surface area contributed by atoms with Crippen LogP contribution in [0.2, 0.25) is 0 Å². The van der Waals surface area contributed by atoms with E-state index in [0.717, 1.165) is 16.3 Å². The van der Waals surface area contributed by atoms with Crippen molar-refractivity contribution in [1.29, 1.82) is 0 Å². The molecule has 0 saturated heterocycles. The van der Waals surface area contributed by atoms with Gasteiger partial charge in [-0.05, 0) is 52.7 Å². The summed E-state index contributed by atoms with van der Waals surface area (Å²) in [7, 11) is -3.78. The Bertz CT molecular complexity index is 1680. The second-order valence-electron chi connectivity index (χ2n) is 8.47. The summed E-state index contributed by atoms with van der Waals surface area (Å²) in [5.41, 5.74) is 3.18. The number of carbonyl (C=O) groups excluding carboxylic acids is 1. The molecule has 182 valence electrons. The van der Waals surface area contributed by atoms with Crippen molar-refractivity contribution in [2.24, 2.45) is 0 Å². The number of rotatable bonds is 8. The summed E-state index contributed by atoms with van der Waals surface area (Å²) in [6.45, 7) is 0. The molecule has 0 aliphatic rings. The average Bonchev–Trinajstić information content (AvgIpc) is 2.93. The van der Waals surface area contributed by atoms with E-state index in [2.05, 4.69) is 10.0 Å². The van der Waals surface area contributed by atoms with Crippen LogP contribution >= 0.6 is 0 Å². The highest BCUT2D eigenvalue weighted by Gasteiger charge is 2.15. The second-order valence-corrected chi connectivity index (χ2v) is 10.2. The quantitative estimate of drug-likeness (QED) is 0.177. The fourth-order valence-electron chi connectivity index (χ4n) is 3.97. The minimum atomic E-state index is -3.78. The summed E-state index contributed by atoms with van der Waals surface area (Å²) >= 11 is 0. The number of fused-ring (bicyclic) bond motifs is 1. The number of hydrogen-bond donors (Lipinski definition) is 2. The Kier molecular flexibility index (Phi) is 6.83. The van der Waals surface area contributed by atoms with Gasteiger partial charge in [-0.25, -0.2) is 8.42 Å². The van der Waals surface area contributed by atoms with Crippen LogP contribution in [0, 0.1) is 0 Å². The molecule has 0 aliphatic carbocycles. The van der Waals surface area contributed by atoms with Crippen LogP contribution in [0.3, 0.4) is 0 Å². The molecule has 0 heterocycles. The summed E-state index contributed by atoms with van der Waals surface area (Å²) < 4.78 is 28.7. The number of carbonyl (C=O) groups is 1. The molecule has 5 aromatic carbocycles. The Hall–Kier alpha value is -4.68. The number of benzene rings is 5. The SMILES string of the molecule is O=C(/C=C(\Nc1ccc(S(=O)(=O)Nc2ccc3ccccc3c2)cc1)c1ccccc1)c1ccccc1. The highest BCUT2D eigenvalue weighted by Crippen LogP contribution is 2.24. The smallest absolute Gasteiger partial charge is 0.261 e. The van der Waals surface area contributed by atoms with Gasteiger partial charge in [0, 0.05) is 28.7 Å². The van der Waals surface area contributed by atoms with Crippen LogP contribution in [-0.2, 0) is 10.0 Å². The zero-order valence-corrected chi connectivity index (χ0v) is 20.7. The highest BCUT2D eigenvalue weighted by atomic mass is 32.2. The van der Waals surface area contributed by atoms with Crippen molar-refractivity contribution in [2.45, 2.75) is 4.90 Å². The van der Waals surface area contributed by atoms with Gasteiger partial charge in [0.1, 0.15) is 0 Å². The Labute approximate surface area is 216 Å². The maximum atomic E-state index is 13.0. The van der Waals surface area contributed by atoms with Crippen molar-refractivity contribution >= 4 is 43.7 Å². The molecule has 5 rings (SSSR count). The van der Waals surface area contributed by atoms with Crippen molar-refractivity contribution in [3.05, 3.63) is 145 Å². The molecule has 0 atom stereocenters. The van der Waals surface area contributed by atoms with Crippen molar-refractivity contribution < 1.29 is 13.2 Å². The third-order valence-corrected chi connectivity index (χ3v) is 7.26. The second kappa shape index (κ2) is 10.5. The van der Waals surface area contributed by atoms with Gasteiger partial charge in [0.15, 0.2) is 5.78 Å². The molecule has 0 amide bonds. The third-order valence-electron chi connectivity index (χ3n) is 5.86. The van der Waals surface area contributed by atoms with Gasteiger partial charge in [-0.1, -0.05) is 91.0 Å². The van der Waals surface area contributed by atoms with E-state index in [4.69, 9.17) is 0 Å². The van der Waals surface area contributed by atoms with E-state index >= 15 is 0 Å². The van der Waals surface area contributed by atoms with Crippen molar-refractivity contribution in [2.75, 3.05) is 10.0 Å². The summed E-state index contributed by atoms with van der Waals surface area (Å²) in [5, 5.41) is 5.26. The molecule has 5 aromatic rings. The van der Waals surface area contributed by atoms with Gasteiger partial charge >= 0.3 is 0 Å². The Morgan fingerprint density at radius 3 is 1.84 bits per heavy atom. The molecule has 0 bridgehead atoms. The Morgan fingerprint density at radius 2 is 1.16 bits per heavy atom. The van der Waals surface area contributed by atoms with Gasteiger partial charge in [-0.15, -0.1) is 0 Å². The zero-order chi connectivity index (χ0) is 25.7. The van der Waals surface area contributed by atoms with E-state index in [9.17, 15) is 13.2 Å². The largest absolute Gasteiger partial charge is 0.355 e. The van der Waals surface area contributed by atoms with Crippen LogP contribution < -0.4 is 10.0 Å². The predicted octanol–water partition coefficient (Wildman–Crippen LogP) is 6.98. The highest BCUT2D eigenvalue weighted by molar-refractivity contribution is 7.92. The summed E-state index contributed by atoms with van der Waals surface area (Å²) in [6.07, 6.45) is 1.55. The lowest BCUT2D eigenvalue weighted by atomic mass is 10.1. The van der Waals surface area contributed by atoms with E-state index in [1.807, 2.05) is 84.9 Å². The summed E-state index contributed by atoms with van der Waals surface area (Å²) in [4.78, 5) is 13.0. The predicted molar refractivity (Wildman–Crippen MR) is 150 cm³/mol. The number of anilines is 2. The van der Waals surface area contributed by atoms with Crippen LogP contribution in [0.4, 0.5) is 11.4 Å². The van der Waals surface area contributed by atoms with Crippen LogP contribution in [-0.4, -0.2) is 14.2 Å². The molecule has 5 nitrogen and oxygen atoms in total. The number of hydrogen-bond acceptors (Lipinski definition) is 4. The van der Waals surface area contributed by atoms with Gasteiger partial charge in [-0.2, -0.15) is 0 Å². The summed E-state index contributed by atoms with van der Waals surface area (Å²) in [5.74, 6) is -0.134. The number of nitrogens with one attached hydrogen (secondary N) is 2. The first-order valence-corrected chi connectivity index (χ1v) is 13.2. The average molecular weight is 505 g/mol. The van der Waals surface area contributed by atoms with E-state index in [1.165, 1.54) is 12.1 Å². The topological polar surface area (TPSA) is 75.3 Å². The lowest BCUT2D eigenvalue weighted by molar-refractivity contribution is 0.104. The molecular weight excluding hydrogens is 480 g/mol. The molecule has 0 aromatic heterocycles. The van der Waals surface area contributed by atoms with Gasteiger partial charge in [0.2, 0.25) is 0 Å². The van der Waals surface area contributed by atoms with E-state index < -0.39 is 10.0 Å². The first-order chi connectivity index (χ1) is 18.0. The molecule has 0 aliphatic heterocycles. The molecule has 0 unspecified atom stereocenters. The van der Waals surface area contributed by atoms with Crippen LogP contribution in [0.15, 0.2) is 138 Å². The van der Waals surface area contributed by atoms with Crippen molar-refractivity contribution in [3.63, 3.8) is 0 Å². The van der Waals surface area contributed by atoms with Gasteiger partial charge in [-0.3, -0.25) is 9.52 Å². The molecule has 0 saturated carbocycles. The van der Waals surface area contributed by atoms with Crippen LogP contribution in [0.1, 0.15) is 15.9 Å². The summed E-state index contributed by atoms with van der Waals surface area (Å²) in [6, 6.07) is 38.2. The van der Waals surface area contributed by atoms with Gasteiger partial charge < -0.3 is 5.32 Å². The standard InChI is InChI=1S/C31H24N2O3S/c34-31(25-12-5-2-6-13-25)22-30(24-10-3-1-4-11-24)32-27-17-19-29(20-18-27)37(35,36)33-28-16-15-23-9-7-8-14-26(23)21-28/h1-22,32-33H/b30-22-. The molecule has 0 radical (unpaired) electrons. The minimum Gasteiger partial charge on any atom is -0.355 e. The zero-order valence-electron chi connectivity index (χ0n) is 19.8. The Balaban J connectivity index is 1.37. The molecule has 2 N–H and O–H groups in total. The van der Waals surface area contributed by atoms with E-state index in [1.54, 1.807) is 36.4 Å². The van der Waals surface area contributed by atoms with E-state index in [-0.39, 0.29) is 10.7 Å². The van der Waals surface area contributed by atoms with Gasteiger partial charge in [0.25, 0.3) is 10.0 Å². The van der Waals surface area contributed by atoms with Crippen LogP contribution in [0.5, 0.6) is 0 Å². The molecule has 0 fully saturated rings. The van der Waals surface area contributed by atoms with E-state index in [0.29, 0.717) is 22.6 Å². The number of ketones is 1. The first kappa shape index (κ1) is 24.0. The minimum absolute atomic E-state index is 0.134.